The monoisotopic (exact) mass is 542 g/mol. The number of nitrogens with two attached hydrogens (primary N) is 1. The molecule has 0 saturated heterocycles. The van der Waals surface area contributed by atoms with Crippen LogP contribution in [0, 0.1) is 17.3 Å². The number of fused-ring (bicyclic) bond motifs is 3. The SMILES string of the molecule is CC(C)c1cc(NC(=O)OCC(C)(C)C)c(O)c2c1C[C@H]1C[C@H]3CC(=O)C(C(N)=O)=C(O)[C@@]3(O)C(=O)C1=C2O. The first-order valence-electron chi connectivity index (χ1n) is 12.8. The number of carbonyl (C=O) groups is 4. The van der Waals surface area contributed by atoms with Gasteiger partial charge in [0.1, 0.15) is 22.8 Å². The summed E-state index contributed by atoms with van der Waals surface area (Å²) in [4.78, 5) is 50.5. The van der Waals surface area contributed by atoms with Crippen LogP contribution >= 0.6 is 0 Å². The molecule has 0 aromatic heterocycles. The molecule has 0 unspecified atom stereocenters. The summed E-state index contributed by atoms with van der Waals surface area (Å²) in [6.07, 6.45) is -0.975. The highest BCUT2D eigenvalue weighted by Gasteiger charge is 2.60. The van der Waals surface area contributed by atoms with E-state index < -0.39 is 63.8 Å². The number of anilines is 1. The van der Waals surface area contributed by atoms with Gasteiger partial charge in [-0.3, -0.25) is 19.7 Å². The number of ketones is 2. The Balaban J connectivity index is 1.84. The number of nitrogens with one attached hydrogen (secondary N) is 1. The normalized spacial score (nSPS) is 24.8. The third-order valence-corrected chi connectivity index (χ3v) is 7.59. The van der Waals surface area contributed by atoms with E-state index in [1.54, 1.807) is 6.07 Å². The number of Topliss-reactive ketones (excluding diaryl/α,β-unsaturated/α-hetero) is 2. The van der Waals surface area contributed by atoms with Gasteiger partial charge < -0.3 is 30.9 Å². The lowest BCUT2D eigenvalue weighted by molar-refractivity contribution is -0.147. The molecule has 39 heavy (non-hydrogen) atoms. The summed E-state index contributed by atoms with van der Waals surface area (Å²) in [6, 6.07) is 1.59. The molecular formula is C28H34N2O9. The van der Waals surface area contributed by atoms with E-state index >= 15 is 0 Å². The molecule has 0 aliphatic heterocycles. The van der Waals surface area contributed by atoms with Crippen LogP contribution in [-0.2, 0) is 25.5 Å². The second kappa shape index (κ2) is 9.41. The molecule has 4 rings (SSSR count). The molecule has 1 aromatic rings. The lowest BCUT2D eigenvalue weighted by atomic mass is 9.59. The zero-order valence-electron chi connectivity index (χ0n) is 22.5. The van der Waals surface area contributed by atoms with Gasteiger partial charge in [0.2, 0.25) is 5.78 Å². The Labute approximate surface area is 225 Å². The van der Waals surface area contributed by atoms with Gasteiger partial charge in [-0.05, 0) is 47.3 Å². The van der Waals surface area contributed by atoms with Crippen molar-refractivity contribution in [3.05, 3.63) is 39.7 Å². The van der Waals surface area contributed by atoms with Gasteiger partial charge in [0.15, 0.2) is 11.4 Å². The summed E-state index contributed by atoms with van der Waals surface area (Å²) in [5, 5.41) is 47.1. The number of aromatic hydroxyl groups is 1. The molecule has 1 aromatic carbocycles. The van der Waals surface area contributed by atoms with E-state index in [9.17, 15) is 39.6 Å². The van der Waals surface area contributed by atoms with Crippen LogP contribution in [0.4, 0.5) is 10.5 Å². The van der Waals surface area contributed by atoms with E-state index in [1.807, 2.05) is 34.6 Å². The number of benzene rings is 1. The molecule has 11 heteroatoms. The number of rotatable bonds is 4. The molecular weight excluding hydrogens is 508 g/mol. The van der Waals surface area contributed by atoms with Crippen LogP contribution in [0.15, 0.2) is 23.0 Å². The Kier molecular flexibility index (Phi) is 6.79. The fraction of sp³-hybridized carbons (Fsp3) is 0.500. The van der Waals surface area contributed by atoms with Crippen LogP contribution in [0.5, 0.6) is 5.75 Å². The van der Waals surface area contributed by atoms with Crippen molar-refractivity contribution in [3.63, 3.8) is 0 Å². The minimum absolute atomic E-state index is 0.0381. The van der Waals surface area contributed by atoms with Crippen molar-refractivity contribution >= 4 is 35.0 Å². The van der Waals surface area contributed by atoms with E-state index in [-0.39, 0.29) is 54.0 Å². The van der Waals surface area contributed by atoms with Gasteiger partial charge >= 0.3 is 6.09 Å². The second-order valence-corrected chi connectivity index (χ2v) is 12.0. The molecule has 3 aliphatic rings. The average Bonchev–Trinajstić information content (AvgIpc) is 2.80. The number of hydrogen-bond donors (Lipinski definition) is 6. The topological polar surface area (TPSA) is 196 Å². The van der Waals surface area contributed by atoms with E-state index in [0.29, 0.717) is 11.1 Å². The highest BCUT2D eigenvalue weighted by molar-refractivity contribution is 6.22. The summed E-state index contributed by atoms with van der Waals surface area (Å²) in [6.45, 7) is 9.55. The van der Waals surface area contributed by atoms with Crippen molar-refractivity contribution < 1.29 is 44.3 Å². The van der Waals surface area contributed by atoms with Crippen molar-refractivity contribution in [1.82, 2.24) is 0 Å². The molecule has 0 radical (unpaired) electrons. The Morgan fingerprint density at radius 1 is 1.18 bits per heavy atom. The highest BCUT2D eigenvalue weighted by atomic mass is 16.5. The lowest BCUT2D eigenvalue weighted by Crippen LogP contribution is -2.58. The van der Waals surface area contributed by atoms with E-state index in [1.165, 1.54) is 0 Å². The molecule has 210 valence electrons. The first-order chi connectivity index (χ1) is 18.0. The molecule has 0 bridgehead atoms. The standard InChI is InChI=1S/C28H34N2O9/c1-11(2)14-9-16(30-26(37)39-10-27(3,4)5)21(32)19-15(14)7-12-6-13-8-17(31)20(25(29)36)24(35)28(13,38)23(34)18(12)22(19)33/h9,11-13,32-33,35,38H,6-8,10H2,1-5H3,(H2,29,36)(H,30,37)/t12-,13+,28+/m1/s1. The molecule has 1 saturated carbocycles. The number of primary amides is 1. The number of phenolic OH excluding ortho intramolecular Hbond substituents is 1. The van der Waals surface area contributed by atoms with E-state index in [2.05, 4.69) is 5.32 Å². The molecule has 0 heterocycles. The van der Waals surface area contributed by atoms with Gasteiger partial charge in [0.05, 0.1) is 17.9 Å². The summed E-state index contributed by atoms with van der Waals surface area (Å²) in [5.41, 5.74) is 2.33. The Morgan fingerprint density at radius 2 is 1.82 bits per heavy atom. The van der Waals surface area contributed by atoms with E-state index in [4.69, 9.17) is 10.5 Å². The summed E-state index contributed by atoms with van der Waals surface area (Å²) >= 11 is 0. The van der Waals surface area contributed by atoms with E-state index in [0.717, 1.165) is 0 Å². The average molecular weight is 543 g/mol. The van der Waals surface area contributed by atoms with Crippen molar-refractivity contribution in [2.75, 3.05) is 11.9 Å². The van der Waals surface area contributed by atoms with Crippen LogP contribution in [-0.4, -0.2) is 56.2 Å². The number of phenols is 1. The summed E-state index contributed by atoms with van der Waals surface area (Å²) in [5.74, 6) is -7.17. The summed E-state index contributed by atoms with van der Waals surface area (Å²) < 4.78 is 5.24. The fourth-order valence-corrected chi connectivity index (χ4v) is 5.76. The minimum atomic E-state index is -2.64. The number of amides is 2. The van der Waals surface area contributed by atoms with Crippen molar-refractivity contribution in [2.24, 2.45) is 23.0 Å². The highest BCUT2D eigenvalue weighted by Crippen LogP contribution is 2.53. The van der Waals surface area contributed by atoms with Crippen molar-refractivity contribution in [3.8, 4) is 5.75 Å². The molecule has 1 fully saturated rings. The molecule has 3 aliphatic carbocycles. The molecule has 7 N–H and O–H groups in total. The maximum absolute atomic E-state index is 13.7. The number of aliphatic hydroxyl groups is 3. The molecule has 2 amide bonds. The predicted molar refractivity (Wildman–Crippen MR) is 140 cm³/mol. The Hall–Kier alpha value is -3.86. The maximum Gasteiger partial charge on any atom is 0.411 e. The van der Waals surface area contributed by atoms with Crippen LogP contribution < -0.4 is 11.1 Å². The lowest BCUT2D eigenvalue weighted by Gasteiger charge is -2.46. The van der Waals surface area contributed by atoms with Gasteiger partial charge in [-0.1, -0.05) is 34.6 Å². The first kappa shape index (κ1) is 28.2. The molecule has 0 spiro atoms. The van der Waals surface area contributed by atoms with Crippen molar-refractivity contribution in [1.29, 1.82) is 0 Å². The zero-order valence-corrected chi connectivity index (χ0v) is 22.5. The second-order valence-electron chi connectivity index (χ2n) is 12.0. The minimum Gasteiger partial charge on any atom is -0.508 e. The Morgan fingerprint density at radius 3 is 2.38 bits per heavy atom. The smallest absolute Gasteiger partial charge is 0.411 e. The number of ether oxygens (including phenoxy) is 1. The predicted octanol–water partition coefficient (Wildman–Crippen LogP) is 3.14. The van der Waals surface area contributed by atoms with Crippen LogP contribution in [0.2, 0.25) is 0 Å². The third-order valence-electron chi connectivity index (χ3n) is 7.59. The van der Waals surface area contributed by atoms with Crippen LogP contribution in [0.3, 0.4) is 0 Å². The summed E-state index contributed by atoms with van der Waals surface area (Å²) in [7, 11) is 0. The third kappa shape index (κ3) is 4.54. The quantitative estimate of drug-likeness (QED) is 0.244. The van der Waals surface area contributed by atoms with Gasteiger partial charge in [-0.2, -0.15) is 0 Å². The fourth-order valence-electron chi connectivity index (χ4n) is 5.76. The van der Waals surface area contributed by atoms with Crippen molar-refractivity contribution in [2.45, 2.75) is 65.4 Å². The van der Waals surface area contributed by atoms with Gasteiger partial charge in [-0.15, -0.1) is 0 Å². The number of carbonyl (C=O) groups excluding carboxylic acids is 4. The van der Waals surface area contributed by atoms with Crippen LogP contribution in [0.25, 0.3) is 5.76 Å². The molecule has 3 atom stereocenters. The van der Waals surface area contributed by atoms with Crippen LogP contribution in [0.1, 0.15) is 70.1 Å². The molecule has 11 nitrogen and oxygen atoms in total. The van der Waals surface area contributed by atoms with Gasteiger partial charge in [0.25, 0.3) is 5.91 Å². The zero-order chi connectivity index (χ0) is 29.2. The number of hydrogen-bond acceptors (Lipinski definition) is 9. The number of aliphatic hydroxyl groups excluding tert-OH is 2. The first-order valence-corrected chi connectivity index (χ1v) is 12.8. The largest absolute Gasteiger partial charge is 0.508 e. The van der Waals surface area contributed by atoms with Gasteiger partial charge in [-0.25, -0.2) is 4.79 Å². The maximum atomic E-state index is 13.7. The Bertz CT molecular complexity index is 1370. The van der Waals surface area contributed by atoms with Gasteiger partial charge in [0, 0.05) is 17.9 Å².